The summed E-state index contributed by atoms with van der Waals surface area (Å²) in [5, 5.41) is 13.9. The fourth-order valence-corrected chi connectivity index (χ4v) is 2.89. The number of aromatic nitrogens is 2. The van der Waals surface area contributed by atoms with Crippen molar-refractivity contribution in [1.82, 2.24) is 9.78 Å². The van der Waals surface area contributed by atoms with E-state index in [2.05, 4.69) is 16.9 Å². The number of rotatable bonds is 3. The summed E-state index contributed by atoms with van der Waals surface area (Å²) in [6, 6.07) is 0.406. The number of anilines is 1. The van der Waals surface area contributed by atoms with Gasteiger partial charge in [-0.05, 0) is 26.7 Å². The summed E-state index contributed by atoms with van der Waals surface area (Å²) in [5.74, 6) is 1.05. The van der Waals surface area contributed by atoms with Crippen molar-refractivity contribution in [3.05, 3.63) is 11.3 Å². The third-order valence-electron chi connectivity index (χ3n) is 3.90. The monoisotopic (exact) mass is 253 g/mol. The fourth-order valence-electron chi connectivity index (χ4n) is 2.89. The summed E-state index contributed by atoms with van der Waals surface area (Å²) >= 11 is 0. The van der Waals surface area contributed by atoms with E-state index >= 15 is 0 Å². The van der Waals surface area contributed by atoms with Gasteiger partial charge in [0.2, 0.25) is 0 Å². The van der Waals surface area contributed by atoms with Crippen LogP contribution in [0, 0.1) is 6.92 Å². The maximum atomic E-state index is 9.52. The number of aliphatic hydroxyl groups is 1. The normalized spacial score (nSPS) is 24.6. The lowest BCUT2D eigenvalue weighted by Gasteiger charge is -2.38. The Bertz CT molecular complexity index is 417. The number of methoxy groups -OCH3 is 1. The molecule has 1 saturated heterocycles. The van der Waals surface area contributed by atoms with Crippen LogP contribution in [-0.4, -0.2) is 40.7 Å². The lowest BCUT2D eigenvalue weighted by atomic mass is 10.00. The lowest BCUT2D eigenvalue weighted by molar-refractivity contribution is 0.0717. The molecular weight excluding hydrogens is 230 g/mol. The molecule has 1 aromatic rings. The molecule has 0 saturated carbocycles. The molecule has 1 aliphatic heterocycles. The molecule has 2 rings (SSSR count). The second-order valence-corrected chi connectivity index (χ2v) is 5.09. The Morgan fingerprint density at radius 2 is 2.22 bits per heavy atom. The van der Waals surface area contributed by atoms with Gasteiger partial charge in [-0.3, -0.25) is 4.68 Å². The molecule has 0 radical (unpaired) electrons. The molecular formula is C13H23N3O2. The first-order valence-electron chi connectivity index (χ1n) is 6.51. The quantitative estimate of drug-likeness (QED) is 0.880. The first kappa shape index (κ1) is 13.4. The molecule has 0 amide bonds. The van der Waals surface area contributed by atoms with Crippen LogP contribution in [0.25, 0.3) is 0 Å². The van der Waals surface area contributed by atoms with E-state index in [-0.39, 0.29) is 6.61 Å². The molecule has 1 fully saturated rings. The van der Waals surface area contributed by atoms with Gasteiger partial charge in [-0.15, -0.1) is 0 Å². The molecule has 18 heavy (non-hydrogen) atoms. The molecule has 5 nitrogen and oxygen atoms in total. The highest BCUT2D eigenvalue weighted by Crippen LogP contribution is 2.30. The standard InChI is InChI=1S/C13H23N3O2/c1-9-7-11(18-4)5-6-16(9)13-12(8-17)10(2)14-15(13)3/h9,11,17H,5-8H2,1-4H3. The van der Waals surface area contributed by atoms with Crippen molar-refractivity contribution in [1.29, 1.82) is 0 Å². The largest absolute Gasteiger partial charge is 0.391 e. The molecule has 1 aromatic heterocycles. The van der Waals surface area contributed by atoms with Gasteiger partial charge in [0.15, 0.2) is 0 Å². The number of ether oxygens (including phenoxy) is 1. The second-order valence-electron chi connectivity index (χ2n) is 5.09. The van der Waals surface area contributed by atoms with Crippen molar-refractivity contribution < 1.29 is 9.84 Å². The van der Waals surface area contributed by atoms with Crippen molar-refractivity contribution in [2.24, 2.45) is 7.05 Å². The Morgan fingerprint density at radius 3 is 2.78 bits per heavy atom. The average molecular weight is 253 g/mol. The van der Waals surface area contributed by atoms with Crippen LogP contribution in [0.2, 0.25) is 0 Å². The summed E-state index contributed by atoms with van der Waals surface area (Å²) in [6.45, 7) is 5.15. The van der Waals surface area contributed by atoms with Crippen LogP contribution in [0.5, 0.6) is 0 Å². The topological polar surface area (TPSA) is 50.5 Å². The molecule has 5 heteroatoms. The SMILES string of the molecule is COC1CCN(c2c(CO)c(C)nn2C)C(C)C1. The molecule has 0 spiro atoms. The van der Waals surface area contributed by atoms with Crippen LogP contribution in [0.3, 0.4) is 0 Å². The Hall–Kier alpha value is -1.07. The maximum absolute atomic E-state index is 9.52. The molecule has 1 N–H and O–H groups in total. The Labute approximate surface area is 108 Å². The van der Waals surface area contributed by atoms with E-state index in [1.165, 1.54) is 0 Å². The number of aryl methyl sites for hydroxylation is 2. The minimum Gasteiger partial charge on any atom is -0.391 e. The zero-order chi connectivity index (χ0) is 13.3. The zero-order valence-corrected chi connectivity index (χ0v) is 11.7. The summed E-state index contributed by atoms with van der Waals surface area (Å²) in [4.78, 5) is 2.33. The smallest absolute Gasteiger partial charge is 0.132 e. The second kappa shape index (κ2) is 5.28. The van der Waals surface area contributed by atoms with E-state index < -0.39 is 0 Å². The van der Waals surface area contributed by atoms with E-state index in [0.717, 1.165) is 36.5 Å². The highest BCUT2D eigenvalue weighted by molar-refractivity contribution is 5.51. The third kappa shape index (κ3) is 2.24. The van der Waals surface area contributed by atoms with Crippen molar-refractivity contribution in [2.45, 2.75) is 45.4 Å². The number of nitrogens with zero attached hydrogens (tertiary/aromatic N) is 3. The first-order chi connectivity index (χ1) is 8.58. The van der Waals surface area contributed by atoms with E-state index in [1.807, 2.05) is 18.7 Å². The van der Waals surface area contributed by atoms with Crippen LogP contribution in [0.4, 0.5) is 5.82 Å². The highest BCUT2D eigenvalue weighted by Gasteiger charge is 2.29. The predicted molar refractivity (Wildman–Crippen MR) is 70.7 cm³/mol. The number of piperidine rings is 1. The van der Waals surface area contributed by atoms with E-state index in [9.17, 15) is 5.11 Å². The van der Waals surface area contributed by atoms with Gasteiger partial charge >= 0.3 is 0 Å². The van der Waals surface area contributed by atoms with Gasteiger partial charge in [0, 0.05) is 32.3 Å². The van der Waals surface area contributed by atoms with E-state index in [0.29, 0.717) is 12.1 Å². The van der Waals surface area contributed by atoms with Crippen molar-refractivity contribution >= 4 is 5.82 Å². The van der Waals surface area contributed by atoms with Crippen molar-refractivity contribution in [3.63, 3.8) is 0 Å². The number of hydrogen-bond donors (Lipinski definition) is 1. The Balaban J connectivity index is 2.27. The molecule has 2 unspecified atom stereocenters. The summed E-state index contributed by atoms with van der Waals surface area (Å²) < 4.78 is 7.32. The van der Waals surface area contributed by atoms with E-state index in [4.69, 9.17) is 4.74 Å². The van der Waals surface area contributed by atoms with Gasteiger partial charge in [0.05, 0.1) is 18.4 Å². The Morgan fingerprint density at radius 1 is 1.50 bits per heavy atom. The van der Waals surface area contributed by atoms with Gasteiger partial charge in [-0.2, -0.15) is 5.10 Å². The summed E-state index contributed by atoms with van der Waals surface area (Å²) in [6.07, 6.45) is 2.39. The molecule has 0 aromatic carbocycles. The molecule has 0 bridgehead atoms. The van der Waals surface area contributed by atoms with Crippen LogP contribution >= 0.6 is 0 Å². The summed E-state index contributed by atoms with van der Waals surface area (Å²) in [7, 11) is 3.72. The van der Waals surface area contributed by atoms with Crippen LogP contribution in [-0.2, 0) is 18.4 Å². The summed E-state index contributed by atoms with van der Waals surface area (Å²) in [5.41, 5.74) is 1.86. The van der Waals surface area contributed by atoms with Gasteiger partial charge in [0.1, 0.15) is 5.82 Å². The number of hydrogen-bond acceptors (Lipinski definition) is 4. The first-order valence-corrected chi connectivity index (χ1v) is 6.51. The Kier molecular flexibility index (Phi) is 3.92. The molecule has 2 atom stereocenters. The van der Waals surface area contributed by atoms with Gasteiger partial charge in [-0.1, -0.05) is 0 Å². The van der Waals surface area contributed by atoms with Gasteiger partial charge < -0.3 is 14.7 Å². The van der Waals surface area contributed by atoms with Crippen LogP contribution < -0.4 is 4.90 Å². The zero-order valence-electron chi connectivity index (χ0n) is 11.7. The lowest BCUT2D eigenvalue weighted by Crippen LogP contribution is -2.44. The van der Waals surface area contributed by atoms with Crippen LogP contribution in [0.15, 0.2) is 0 Å². The predicted octanol–water partition coefficient (Wildman–Crippen LogP) is 1.22. The maximum Gasteiger partial charge on any atom is 0.132 e. The minimum absolute atomic E-state index is 0.0476. The molecule has 102 valence electrons. The van der Waals surface area contributed by atoms with E-state index in [1.54, 1.807) is 7.11 Å². The van der Waals surface area contributed by atoms with Gasteiger partial charge in [-0.25, -0.2) is 0 Å². The average Bonchev–Trinajstić information content (AvgIpc) is 2.63. The molecule has 2 heterocycles. The fraction of sp³-hybridized carbons (Fsp3) is 0.769. The molecule has 0 aliphatic carbocycles. The highest BCUT2D eigenvalue weighted by atomic mass is 16.5. The molecule has 1 aliphatic rings. The van der Waals surface area contributed by atoms with Gasteiger partial charge in [0.25, 0.3) is 0 Å². The van der Waals surface area contributed by atoms with Crippen molar-refractivity contribution in [3.8, 4) is 0 Å². The van der Waals surface area contributed by atoms with Crippen LogP contribution in [0.1, 0.15) is 31.0 Å². The van der Waals surface area contributed by atoms with Crippen molar-refractivity contribution in [2.75, 3.05) is 18.6 Å². The minimum atomic E-state index is 0.0476. The third-order valence-corrected chi connectivity index (χ3v) is 3.90. The number of aliphatic hydroxyl groups excluding tert-OH is 1.